The number of rotatable bonds is 5. The molecule has 0 radical (unpaired) electrons. The van der Waals surface area contributed by atoms with Crippen LogP contribution in [-0.4, -0.2) is 19.1 Å². The zero-order chi connectivity index (χ0) is 12.1. The van der Waals surface area contributed by atoms with Crippen LogP contribution in [0.3, 0.4) is 0 Å². The second-order valence-electron chi connectivity index (χ2n) is 3.72. The fourth-order valence-corrected chi connectivity index (χ4v) is 2.09. The monoisotopic (exact) mass is 245 g/mol. The van der Waals surface area contributed by atoms with Gasteiger partial charge in [-0.1, -0.05) is 12.1 Å². The second kappa shape index (κ2) is 6.21. The molecule has 1 atom stereocenters. The molecule has 0 bridgehead atoms. The van der Waals surface area contributed by atoms with Gasteiger partial charge < -0.3 is 5.32 Å². The van der Waals surface area contributed by atoms with Crippen LogP contribution in [0.25, 0.3) is 0 Å². The van der Waals surface area contributed by atoms with E-state index >= 15 is 0 Å². The summed E-state index contributed by atoms with van der Waals surface area (Å²) in [6, 6.07) is 3.16. The van der Waals surface area contributed by atoms with Crippen molar-refractivity contribution >= 4 is 11.8 Å². The molecule has 0 spiro atoms. The fraction of sp³-hybridized carbons (Fsp3) is 0.500. The van der Waals surface area contributed by atoms with Crippen molar-refractivity contribution in [3.05, 3.63) is 34.9 Å². The Balaban J connectivity index is 2.96. The van der Waals surface area contributed by atoms with Crippen molar-refractivity contribution in [3.8, 4) is 0 Å². The average Bonchev–Trinajstić information content (AvgIpc) is 2.29. The Morgan fingerprint density at radius 1 is 1.31 bits per heavy atom. The third kappa shape index (κ3) is 2.95. The summed E-state index contributed by atoms with van der Waals surface area (Å²) >= 11 is 1.70. The van der Waals surface area contributed by atoms with Crippen LogP contribution in [0.4, 0.5) is 8.78 Å². The zero-order valence-electron chi connectivity index (χ0n) is 9.81. The van der Waals surface area contributed by atoms with Gasteiger partial charge in [0, 0.05) is 11.6 Å². The summed E-state index contributed by atoms with van der Waals surface area (Å²) < 4.78 is 27.1. The summed E-state index contributed by atoms with van der Waals surface area (Å²) in [6.45, 7) is 1.57. The lowest BCUT2D eigenvalue weighted by atomic mass is 10.0. The van der Waals surface area contributed by atoms with Crippen LogP contribution in [-0.2, 0) is 0 Å². The minimum absolute atomic E-state index is 0.123. The van der Waals surface area contributed by atoms with Gasteiger partial charge in [0.1, 0.15) is 0 Å². The summed E-state index contributed by atoms with van der Waals surface area (Å²) in [5, 5.41) is 3.02. The number of benzene rings is 1. The summed E-state index contributed by atoms with van der Waals surface area (Å²) in [6.07, 6.45) is 2.79. The van der Waals surface area contributed by atoms with Crippen molar-refractivity contribution in [1.29, 1.82) is 0 Å². The molecule has 0 aliphatic heterocycles. The van der Waals surface area contributed by atoms with Crippen molar-refractivity contribution in [2.75, 3.05) is 19.1 Å². The van der Waals surface area contributed by atoms with Crippen molar-refractivity contribution in [1.82, 2.24) is 5.32 Å². The molecule has 0 aromatic heterocycles. The largest absolute Gasteiger partial charge is 0.313 e. The smallest absolute Gasteiger partial charge is 0.163 e. The van der Waals surface area contributed by atoms with Gasteiger partial charge in [-0.3, -0.25) is 0 Å². The first-order valence-corrected chi connectivity index (χ1v) is 6.62. The van der Waals surface area contributed by atoms with Crippen molar-refractivity contribution < 1.29 is 8.78 Å². The number of hydrogen-bond acceptors (Lipinski definition) is 2. The molecule has 16 heavy (non-hydrogen) atoms. The van der Waals surface area contributed by atoms with Crippen molar-refractivity contribution in [3.63, 3.8) is 0 Å². The van der Waals surface area contributed by atoms with Crippen LogP contribution < -0.4 is 5.32 Å². The molecule has 0 amide bonds. The Morgan fingerprint density at radius 3 is 2.56 bits per heavy atom. The maximum Gasteiger partial charge on any atom is 0.163 e. The van der Waals surface area contributed by atoms with Gasteiger partial charge in [0.2, 0.25) is 0 Å². The van der Waals surface area contributed by atoms with E-state index in [1.807, 2.05) is 6.26 Å². The van der Waals surface area contributed by atoms with Crippen LogP contribution in [0.2, 0.25) is 0 Å². The van der Waals surface area contributed by atoms with Gasteiger partial charge in [0.05, 0.1) is 0 Å². The molecule has 0 heterocycles. The van der Waals surface area contributed by atoms with Crippen LogP contribution >= 0.6 is 11.8 Å². The molecule has 0 saturated heterocycles. The molecule has 1 N–H and O–H groups in total. The molecule has 1 unspecified atom stereocenters. The standard InChI is InChI=1S/C12H17F2NS/c1-8-4-5-9(12(14)11(8)13)10(15-2)6-7-16-3/h4-5,10,15H,6-7H2,1-3H3. The third-order valence-electron chi connectivity index (χ3n) is 2.64. The van der Waals surface area contributed by atoms with E-state index in [-0.39, 0.29) is 6.04 Å². The first-order chi connectivity index (χ1) is 7.61. The molecule has 0 aliphatic carbocycles. The summed E-state index contributed by atoms with van der Waals surface area (Å²) in [7, 11) is 1.77. The van der Waals surface area contributed by atoms with Crippen LogP contribution in [0.1, 0.15) is 23.6 Å². The SMILES string of the molecule is CNC(CCSC)c1ccc(C)c(F)c1F. The molecular formula is C12H17F2NS. The third-order valence-corrected chi connectivity index (χ3v) is 3.28. The van der Waals surface area contributed by atoms with E-state index in [9.17, 15) is 8.78 Å². The lowest BCUT2D eigenvalue weighted by Gasteiger charge is -2.17. The quantitative estimate of drug-likeness (QED) is 0.854. The fourth-order valence-electron chi connectivity index (χ4n) is 1.62. The zero-order valence-corrected chi connectivity index (χ0v) is 10.6. The summed E-state index contributed by atoms with van der Waals surface area (Å²) in [5.41, 5.74) is 0.764. The Kier molecular flexibility index (Phi) is 5.22. The minimum atomic E-state index is -0.734. The normalized spacial score (nSPS) is 12.8. The van der Waals surface area contributed by atoms with Crippen LogP contribution in [0.15, 0.2) is 12.1 Å². The average molecular weight is 245 g/mol. The van der Waals surface area contributed by atoms with Gasteiger partial charge in [-0.25, -0.2) is 8.78 Å². The van der Waals surface area contributed by atoms with Crippen molar-refractivity contribution in [2.24, 2.45) is 0 Å². The lowest BCUT2D eigenvalue weighted by molar-refractivity contribution is 0.467. The minimum Gasteiger partial charge on any atom is -0.313 e. The molecular weight excluding hydrogens is 228 g/mol. The highest BCUT2D eigenvalue weighted by Gasteiger charge is 2.17. The Bertz CT molecular complexity index is 355. The number of halogens is 2. The molecule has 0 saturated carbocycles. The second-order valence-corrected chi connectivity index (χ2v) is 4.71. The van der Waals surface area contributed by atoms with E-state index in [2.05, 4.69) is 5.32 Å². The Labute approximate surface area is 99.6 Å². The number of hydrogen-bond donors (Lipinski definition) is 1. The maximum atomic E-state index is 13.7. The van der Waals surface area contributed by atoms with Crippen LogP contribution in [0.5, 0.6) is 0 Å². The van der Waals surface area contributed by atoms with Gasteiger partial charge in [0.25, 0.3) is 0 Å². The van der Waals surface area contributed by atoms with Gasteiger partial charge in [-0.15, -0.1) is 0 Å². The lowest BCUT2D eigenvalue weighted by Crippen LogP contribution is -2.19. The Morgan fingerprint density at radius 2 is 2.00 bits per heavy atom. The van der Waals surface area contributed by atoms with E-state index in [1.54, 1.807) is 37.9 Å². The molecule has 1 aromatic carbocycles. The van der Waals surface area contributed by atoms with Gasteiger partial charge in [0.15, 0.2) is 11.6 Å². The number of aryl methyl sites for hydroxylation is 1. The van der Waals surface area contributed by atoms with Gasteiger partial charge >= 0.3 is 0 Å². The topological polar surface area (TPSA) is 12.0 Å². The van der Waals surface area contributed by atoms with E-state index in [1.165, 1.54) is 0 Å². The molecule has 90 valence electrons. The van der Waals surface area contributed by atoms with E-state index < -0.39 is 11.6 Å². The highest BCUT2D eigenvalue weighted by atomic mass is 32.2. The molecule has 1 rings (SSSR count). The first-order valence-electron chi connectivity index (χ1n) is 5.22. The molecule has 1 nitrogen and oxygen atoms in total. The molecule has 0 fully saturated rings. The molecule has 4 heteroatoms. The summed E-state index contributed by atoms with van der Waals surface area (Å²) in [4.78, 5) is 0. The summed E-state index contributed by atoms with van der Waals surface area (Å²) in [5.74, 6) is -0.539. The van der Waals surface area contributed by atoms with Crippen molar-refractivity contribution in [2.45, 2.75) is 19.4 Å². The number of nitrogens with one attached hydrogen (secondary N) is 1. The highest BCUT2D eigenvalue weighted by molar-refractivity contribution is 7.98. The predicted molar refractivity (Wildman–Crippen MR) is 65.9 cm³/mol. The molecule has 0 aliphatic rings. The van der Waals surface area contributed by atoms with E-state index in [4.69, 9.17) is 0 Å². The van der Waals surface area contributed by atoms with E-state index in [0.29, 0.717) is 11.1 Å². The number of thioether (sulfide) groups is 1. The van der Waals surface area contributed by atoms with Gasteiger partial charge in [-0.05, 0) is 38.0 Å². The first kappa shape index (κ1) is 13.5. The highest BCUT2D eigenvalue weighted by Crippen LogP contribution is 2.24. The maximum absolute atomic E-state index is 13.7. The molecule has 1 aromatic rings. The van der Waals surface area contributed by atoms with E-state index in [0.717, 1.165) is 12.2 Å². The van der Waals surface area contributed by atoms with Gasteiger partial charge in [-0.2, -0.15) is 11.8 Å². The Hall–Kier alpha value is -0.610. The predicted octanol–water partition coefficient (Wildman–Crippen LogP) is 3.29. The van der Waals surface area contributed by atoms with Crippen LogP contribution in [0, 0.1) is 18.6 Å².